The van der Waals surface area contributed by atoms with Crippen LogP contribution in [0.1, 0.15) is 58.8 Å². The van der Waals surface area contributed by atoms with Crippen molar-refractivity contribution in [2.75, 3.05) is 32.9 Å². The predicted octanol–water partition coefficient (Wildman–Crippen LogP) is -6.14. The molecule has 22 heteroatoms. The van der Waals surface area contributed by atoms with Crippen molar-refractivity contribution in [2.24, 2.45) is 5.73 Å². The van der Waals surface area contributed by atoms with Gasteiger partial charge in [0.1, 0.15) is 72.9 Å². The molecule has 0 aromatic carbocycles. The third kappa shape index (κ3) is 13.8. The molecule has 320 valence electrons. The Morgan fingerprint density at radius 2 is 1.33 bits per heavy atom. The summed E-state index contributed by atoms with van der Waals surface area (Å²) < 4.78 is 33.4. The summed E-state index contributed by atoms with van der Waals surface area (Å²) in [6, 6.07) is -0.520. The summed E-state index contributed by atoms with van der Waals surface area (Å²) in [5.41, 5.74) is 10.7. The molecule has 2 amide bonds. The predicted molar refractivity (Wildman–Crippen MR) is 184 cm³/mol. The molecule has 3 saturated heterocycles. The van der Waals surface area contributed by atoms with Gasteiger partial charge in [0.05, 0.1) is 32.0 Å². The van der Waals surface area contributed by atoms with Crippen LogP contribution >= 0.6 is 0 Å². The molecule has 16 atom stereocenters. The number of ketones is 1. The Morgan fingerprint density at radius 3 is 1.98 bits per heavy atom. The molecule has 0 saturated carbocycles. The summed E-state index contributed by atoms with van der Waals surface area (Å²) in [6.07, 6.45) is -20.9. The van der Waals surface area contributed by atoms with Crippen molar-refractivity contribution in [3.8, 4) is 0 Å². The van der Waals surface area contributed by atoms with Crippen LogP contribution in [0.25, 0.3) is 0 Å². The lowest BCUT2D eigenvalue weighted by atomic mass is 9.97. The maximum Gasteiger partial charge on any atom is 0.234 e. The number of hydrogen-bond donors (Lipinski definition) is 13. The molecule has 0 radical (unpaired) electrons. The van der Waals surface area contributed by atoms with E-state index in [0.29, 0.717) is 25.8 Å². The number of carbonyl (C=O) groups excluding carboxylic acids is 3. The van der Waals surface area contributed by atoms with Gasteiger partial charge in [-0.3, -0.25) is 19.8 Å². The topological polar surface area (TPSA) is 351 Å². The first-order valence-electron chi connectivity index (χ1n) is 18.5. The second kappa shape index (κ2) is 23.4. The third-order valence-corrected chi connectivity index (χ3v) is 9.60. The molecule has 55 heavy (non-hydrogen) atoms. The Bertz CT molecular complexity index is 1180. The minimum absolute atomic E-state index is 0.0609. The molecule has 0 aromatic heterocycles. The van der Waals surface area contributed by atoms with Crippen LogP contribution in [-0.2, 0) is 42.8 Å². The highest BCUT2D eigenvalue weighted by atomic mass is 16.7. The van der Waals surface area contributed by atoms with Gasteiger partial charge in [0.15, 0.2) is 18.9 Å². The van der Waals surface area contributed by atoms with Crippen LogP contribution < -0.4 is 21.9 Å². The number of ether oxygens (including phenoxy) is 6. The summed E-state index contributed by atoms with van der Waals surface area (Å²) >= 11 is 0. The van der Waals surface area contributed by atoms with Crippen LogP contribution in [0.5, 0.6) is 0 Å². The fourth-order valence-electron chi connectivity index (χ4n) is 6.14. The van der Waals surface area contributed by atoms with Crippen LogP contribution in [0, 0.1) is 0 Å². The lowest BCUT2D eigenvalue weighted by Crippen LogP contribution is -2.65. The Balaban J connectivity index is 1.51. The van der Waals surface area contributed by atoms with E-state index in [2.05, 4.69) is 16.2 Å². The number of aliphatic hydroxyl groups excluding tert-OH is 9. The number of unbranched alkanes of at least 4 members (excludes halogenated alkanes) is 2. The second-order valence-electron chi connectivity index (χ2n) is 13.9. The normalized spacial score (nSPS) is 37.3. The molecule has 3 aliphatic heterocycles. The van der Waals surface area contributed by atoms with Gasteiger partial charge in [0, 0.05) is 19.4 Å². The Morgan fingerprint density at radius 1 is 0.709 bits per heavy atom. The molecule has 3 rings (SSSR count). The first-order valence-corrected chi connectivity index (χ1v) is 18.5. The van der Waals surface area contributed by atoms with Crippen LogP contribution in [0.2, 0.25) is 0 Å². The number of nitrogens with one attached hydrogen (secondary N) is 3. The fraction of sp³-hybridized carbons (Fsp3) is 0.909. The van der Waals surface area contributed by atoms with Gasteiger partial charge in [-0.2, -0.15) is 0 Å². The van der Waals surface area contributed by atoms with Crippen molar-refractivity contribution in [3.05, 3.63) is 0 Å². The van der Waals surface area contributed by atoms with Crippen molar-refractivity contribution in [3.63, 3.8) is 0 Å². The van der Waals surface area contributed by atoms with E-state index in [1.165, 1.54) is 13.8 Å². The second-order valence-corrected chi connectivity index (χ2v) is 13.9. The van der Waals surface area contributed by atoms with Crippen molar-refractivity contribution in [2.45, 2.75) is 157 Å². The SMILES string of the molecule is CC(=O)[C@H](CCCCN)NNC(=O)CCCCC(=O)NCCO[C@H]1O[C@H](CO[C@@H]2O[C@@H](C)[C@@H](O)[C@H](O)[C@@H]2O)[C@@H](O)[C@H](O[C@H]2O[C@H](CO)[C@@H](O)[C@H](O)[C@@H]2O)[C@@H]1O. The third-order valence-electron chi connectivity index (χ3n) is 9.60. The molecule has 0 bridgehead atoms. The van der Waals surface area contributed by atoms with Crippen LogP contribution in [0.3, 0.4) is 0 Å². The number of hydrogen-bond acceptors (Lipinski definition) is 20. The van der Waals surface area contributed by atoms with Gasteiger partial charge >= 0.3 is 0 Å². The molecule has 0 aromatic rings. The van der Waals surface area contributed by atoms with Crippen molar-refractivity contribution in [1.82, 2.24) is 16.2 Å². The van der Waals surface area contributed by atoms with Gasteiger partial charge in [-0.25, -0.2) is 5.43 Å². The van der Waals surface area contributed by atoms with Crippen molar-refractivity contribution in [1.29, 1.82) is 0 Å². The Labute approximate surface area is 318 Å². The molecule has 3 fully saturated rings. The van der Waals surface area contributed by atoms with Gasteiger partial charge in [-0.05, 0) is 46.1 Å². The number of amides is 2. The highest BCUT2D eigenvalue weighted by Crippen LogP contribution is 2.31. The summed E-state index contributed by atoms with van der Waals surface area (Å²) in [7, 11) is 0. The van der Waals surface area contributed by atoms with E-state index in [1.807, 2.05) is 0 Å². The molecule has 3 aliphatic rings. The standard InChI is InChI=1S/C33H60N4O18/c1-15(39)17(7-5-6-10-34)36-37-21(41)9-4-3-8-20(40)35-11-12-50-32-29(49)30(55-33-28(48)26(46)23(43)18(13-38)53-33)24(44)19(54-32)14-51-31-27(47)25(45)22(42)16(2)52-31/h16-19,22-33,36,38,42-49H,3-14,34H2,1-2H3,(H,35,40)(H,37,41)/t16-,17-,18+,19+,22+,23+,24+,25-,26-,27-,28-,29-,30-,31+,32-,33+/m0/s1. The van der Waals surface area contributed by atoms with Gasteiger partial charge in [0.25, 0.3) is 0 Å². The maximum atomic E-state index is 12.4. The smallest absolute Gasteiger partial charge is 0.234 e. The summed E-state index contributed by atoms with van der Waals surface area (Å²) in [6.45, 7) is 1.75. The Kier molecular flexibility index (Phi) is 20.1. The number of nitrogens with two attached hydrogens (primary N) is 1. The molecule has 3 heterocycles. The van der Waals surface area contributed by atoms with Gasteiger partial charge in [-0.15, -0.1) is 0 Å². The summed E-state index contributed by atoms with van der Waals surface area (Å²) in [5, 5.41) is 95.8. The van der Waals surface area contributed by atoms with Crippen molar-refractivity contribution >= 4 is 17.6 Å². The van der Waals surface area contributed by atoms with E-state index in [1.54, 1.807) is 0 Å². The van der Waals surface area contributed by atoms with Crippen LogP contribution in [0.4, 0.5) is 0 Å². The minimum atomic E-state index is -1.88. The zero-order chi connectivity index (χ0) is 40.8. The lowest BCUT2D eigenvalue weighted by Gasteiger charge is -2.46. The van der Waals surface area contributed by atoms with E-state index in [9.17, 15) is 60.3 Å². The average Bonchev–Trinajstić information content (AvgIpc) is 3.15. The number of Topliss-reactive ketones (excluding diaryl/α,β-unsaturated/α-hetero) is 1. The molecule has 0 unspecified atom stereocenters. The molecule has 0 aliphatic carbocycles. The zero-order valence-corrected chi connectivity index (χ0v) is 31.0. The van der Waals surface area contributed by atoms with E-state index in [0.717, 1.165) is 12.8 Å². The summed E-state index contributed by atoms with van der Waals surface area (Å²) in [5.74, 6) is -0.804. The van der Waals surface area contributed by atoms with Crippen LogP contribution in [0.15, 0.2) is 0 Å². The van der Waals surface area contributed by atoms with E-state index < -0.39 is 111 Å². The molecule has 22 nitrogen and oxygen atoms in total. The first kappa shape index (κ1) is 47.3. The van der Waals surface area contributed by atoms with Crippen LogP contribution in [-0.4, -0.2) is 195 Å². The van der Waals surface area contributed by atoms with E-state index >= 15 is 0 Å². The Hall–Kier alpha value is -2.07. The highest BCUT2D eigenvalue weighted by Gasteiger charge is 2.52. The van der Waals surface area contributed by atoms with Gasteiger partial charge in [-0.1, -0.05) is 6.42 Å². The lowest BCUT2D eigenvalue weighted by molar-refractivity contribution is -0.365. The highest BCUT2D eigenvalue weighted by molar-refractivity contribution is 5.82. The van der Waals surface area contributed by atoms with Crippen molar-refractivity contribution < 1.29 is 88.8 Å². The maximum absolute atomic E-state index is 12.4. The van der Waals surface area contributed by atoms with Gasteiger partial charge in [0.2, 0.25) is 11.8 Å². The number of aliphatic hydroxyl groups is 9. The minimum Gasteiger partial charge on any atom is -0.394 e. The van der Waals surface area contributed by atoms with E-state index in [4.69, 9.17) is 34.2 Å². The number of rotatable bonds is 22. The summed E-state index contributed by atoms with van der Waals surface area (Å²) in [4.78, 5) is 36.4. The first-order chi connectivity index (χ1) is 26.1. The quantitative estimate of drug-likeness (QED) is 0.0358. The number of carbonyl (C=O) groups is 3. The fourth-order valence-corrected chi connectivity index (χ4v) is 6.14. The molecule has 0 spiro atoms. The largest absolute Gasteiger partial charge is 0.394 e. The monoisotopic (exact) mass is 800 g/mol. The average molecular weight is 801 g/mol. The van der Waals surface area contributed by atoms with Gasteiger partial charge < -0.3 is 85.4 Å². The number of hydrazine groups is 1. The molecular weight excluding hydrogens is 740 g/mol. The zero-order valence-electron chi connectivity index (χ0n) is 31.0. The van der Waals surface area contributed by atoms with E-state index in [-0.39, 0.29) is 43.6 Å². The molecule has 14 N–H and O–H groups in total. The molecular formula is C33H60N4O18.